The van der Waals surface area contributed by atoms with E-state index in [-0.39, 0.29) is 12.0 Å². The highest BCUT2D eigenvalue weighted by Gasteiger charge is 2.38. The molecule has 0 bridgehead atoms. The molecule has 4 nitrogen and oxygen atoms in total. The van der Waals surface area contributed by atoms with Crippen molar-refractivity contribution in [3.05, 3.63) is 18.0 Å². The number of aliphatic carboxylic acids is 1. The first-order chi connectivity index (χ1) is 7.25. The van der Waals surface area contributed by atoms with Crippen LogP contribution in [0.1, 0.15) is 43.3 Å². The zero-order chi connectivity index (χ0) is 10.4. The van der Waals surface area contributed by atoms with Crippen LogP contribution in [0.2, 0.25) is 0 Å². The number of nitrogens with zero attached hydrogens (tertiary/aromatic N) is 2. The lowest BCUT2D eigenvalue weighted by molar-refractivity contribution is -0.147. The summed E-state index contributed by atoms with van der Waals surface area (Å²) in [4.78, 5) is 10.9. The van der Waals surface area contributed by atoms with Gasteiger partial charge >= 0.3 is 5.97 Å². The number of carboxylic acids is 1. The van der Waals surface area contributed by atoms with E-state index in [1.165, 1.54) is 12.8 Å². The molecule has 2 fully saturated rings. The van der Waals surface area contributed by atoms with Crippen molar-refractivity contribution in [2.75, 3.05) is 0 Å². The Balaban J connectivity index is 1.77. The number of hydrogen-bond acceptors (Lipinski definition) is 2. The summed E-state index contributed by atoms with van der Waals surface area (Å²) in [6, 6.07) is 2.13. The number of carboxylic acid groups (broad SMARTS) is 1. The molecule has 3 rings (SSSR count). The Hall–Kier alpha value is -1.32. The smallest absolute Gasteiger partial charge is 0.308 e. The van der Waals surface area contributed by atoms with Gasteiger partial charge in [0.25, 0.3) is 0 Å². The standard InChI is InChI=1S/C11H14N2O2/c14-11(15)8-3-4-10(8)13-6-5-9(12-13)7-1-2-7/h5-8,10H,1-4H2,(H,14,15). The quantitative estimate of drug-likeness (QED) is 0.820. The monoisotopic (exact) mass is 206 g/mol. The highest BCUT2D eigenvalue weighted by molar-refractivity contribution is 5.71. The van der Waals surface area contributed by atoms with E-state index in [0.29, 0.717) is 5.92 Å². The highest BCUT2D eigenvalue weighted by atomic mass is 16.4. The van der Waals surface area contributed by atoms with Crippen molar-refractivity contribution in [3.8, 4) is 0 Å². The summed E-state index contributed by atoms with van der Waals surface area (Å²) in [6.07, 6.45) is 6.16. The van der Waals surface area contributed by atoms with Crippen LogP contribution in [-0.2, 0) is 4.79 Å². The topological polar surface area (TPSA) is 55.1 Å². The van der Waals surface area contributed by atoms with Crippen LogP contribution in [0, 0.1) is 5.92 Å². The Morgan fingerprint density at radius 1 is 1.40 bits per heavy atom. The third-order valence-electron chi connectivity index (χ3n) is 3.52. The second-order valence-electron chi connectivity index (χ2n) is 4.58. The molecule has 0 aliphatic heterocycles. The molecular formula is C11H14N2O2. The van der Waals surface area contributed by atoms with E-state index in [9.17, 15) is 4.79 Å². The van der Waals surface area contributed by atoms with E-state index in [0.717, 1.165) is 18.5 Å². The minimum absolute atomic E-state index is 0.0926. The van der Waals surface area contributed by atoms with Gasteiger partial charge in [0.15, 0.2) is 0 Å². The Morgan fingerprint density at radius 2 is 2.20 bits per heavy atom. The SMILES string of the molecule is O=C(O)C1CCC1n1ccc(C2CC2)n1. The van der Waals surface area contributed by atoms with E-state index in [1.54, 1.807) is 0 Å². The fraction of sp³-hybridized carbons (Fsp3) is 0.636. The molecule has 4 heteroatoms. The minimum Gasteiger partial charge on any atom is -0.481 e. The lowest BCUT2D eigenvalue weighted by Crippen LogP contribution is -2.35. The molecule has 1 aromatic rings. The number of hydrogen-bond donors (Lipinski definition) is 1. The van der Waals surface area contributed by atoms with Gasteiger partial charge in [-0.2, -0.15) is 5.10 Å². The lowest BCUT2D eigenvalue weighted by atomic mass is 9.80. The van der Waals surface area contributed by atoms with Crippen molar-refractivity contribution in [1.29, 1.82) is 0 Å². The first-order valence-electron chi connectivity index (χ1n) is 5.53. The average Bonchev–Trinajstić information content (AvgIpc) is 2.85. The number of aromatic nitrogens is 2. The van der Waals surface area contributed by atoms with Crippen LogP contribution in [-0.4, -0.2) is 20.9 Å². The van der Waals surface area contributed by atoms with Crippen molar-refractivity contribution >= 4 is 5.97 Å². The Morgan fingerprint density at radius 3 is 2.73 bits per heavy atom. The molecule has 2 saturated carbocycles. The summed E-state index contributed by atoms with van der Waals surface area (Å²) >= 11 is 0. The third-order valence-corrected chi connectivity index (χ3v) is 3.52. The fourth-order valence-electron chi connectivity index (χ4n) is 2.22. The molecule has 0 aromatic carbocycles. The van der Waals surface area contributed by atoms with Gasteiger partial charge in [0.05, 0.1) is 17.7 Å². The summed E-state index contributed by atoms with van der Waals surface area (Å²) in [5.41, 5.74) is 1.14. The lowest BCUT2D eigenvalue weighted by Gasteiger charge is -2.33. The van der Waals surface area contributed by atoms with Crippen LogP contribution in [0.15, 0.2) is 12.3 Å². The molecule has 0 saturated heterocycles. The molecule has 1 N–H and O–H groups in total. The van der Waals surface area contributed by atoms with Gasteiger partial charge in [-0.25, -0.2) is 0 Å². The maximum atomic E-state index is 10.9. The van der Waals surface area contributed by atoms with Crippen LogP contribution >= 0.6 is 0 Å². The van der Waals surface area contributed by atoms with E-state index in [2.05, 4.69) is 5.10 Å². The molecule has 0 amide bonds. The molecule has 2 aliphatic carbocycles. The van der Waals surface area contributed by atoms with Crippen LogP contribution in [0.4, 0.5) is 0 Å². The summed E-state index contributed by atoms with van der Waals surface area (Å²) < 4.78 is 1.86. The highest BCUT2D eigenvalue weighted by Crippen LogP contribution is 2.41. The summed E-state index contributed by atoms with van der Waals surface area (Å²) in [5, 5.41) is 13.4. The molecule has 1 heterocycles. The first-order valence-corrected chi connectivity index (χ1v) is 5.53. The van der Waals surface area contributed by atoms with E-state index in [1.807, 2.05) is 16.9 Å². The molecule has 80 valence electrons. The second-order valence-corrected chi connectivity index (χ2v) is 4.58. The summed E-state index contributed by atoms with van der Waals surface area (Å²) in [6.45, 7) is 0. The first kappa shape index (κ1) is 8.95. The van der Waals surface area contributed by atoms with Gasteiger partial charge in [-0.15, -0.1) is 0 Å². The van der Waals surface area contributed by atoms with Crippen LogP contribution in [0.3, 0.4) is 0 Å². The Kier molecular flexibility index (Phi) is 1.84. The van der Waals surface area contributed by atoms with Crippen molar-refractivity contribution < 1.29 is 9.90 Å². The maximum Gasteiger partial charge on any atom is 0.308 e. The van der Waals surface area contributed by atoms with Crippen molar-refractivity contribution in [3.63, 3.8) is 0 Å². The summed E-state index contributed by atoms with van der Waals surface area (Å²) in [5.74, 6) is -0.263. The van der Waals surface area contributed by atoms with Crippen LogP contribution in [0.25, 0.3) is 0 Å². The van der Waals surface area contributed by atoms with Gasteiger partial charge in [-0.3, -0.25) is 9.48 Å². The molecule has 1 aromatic heterocycles. The van der Waals surface area contributed by atoms with Gasteiger partial charge in [-0.05, 0) is 31.7 Å². The number of rotatable bonds is 3. The van der Waals surface area contributed by atoms with E-state index in [4.69, 9.17) is 5.11 Å². The van der Waals surface area contributed by atoms with Crippen LogP contribution in [0.5, 0.6) is 0 Å². The zero-order valence-corrected chi connectivity index (χ0v) is 8.47. The predicted octanol–water partition coefficient (Wildman–Crippen LogP) is 1.80. The van der Waals surface area contributed by atoms with Gasteiger partial charge in [0, 0.05) is 12.1 Å². The molecule has 0 radical (unpaired) electrons. The van der Waals surface area contributed by atoms with Gasteiger partial charge in [0.1, 0.15) is 0 Å². The van der Waals surface area contributed by atoms with Crippen molar-refractivity contribution in [2.45, 2.75) is 37.6 Å². The van der Waals surface area contributed by atoms with Crippen molar-refractivity contribution in [1.82, 2.24) is 9.78 Å². The minimum atomic E-state index is -0.685. The van der Waals surface area contributed by atoms with Crippen LogP contribution < -0.4 is 0 Å². The number of carbonyl (C=O) groups is 1. The molecule has 0 spiro atoms. The molecule has 15 heavy (non-hydrogen) atoms. The zero-order valence-electron chi connectivity index (χ0n) is 8.47. The molecule has 2 atom stereocenters. The van der Waals surface area contributed by atoms with E-state index < -0.39 is 5.97 Å². The van der Waals surface area contributed by atoms with Gasteiger partial charge in [0.2, 0.25) is 0 Å². The Labute approximate surface area is 87.9 Å². The molecule has 2 unspecified atom stereocenters. The normalized spacial score (nSPS) is 29.9. The van der Waals surface area contributed by atoms with Gasteiger partial charge < -0.3 is 5.11 Å². The maximum absolute atomic E-state index is 10.9. The molecular weight excluding hydrogens is 192 g/mol. The average molecular weight is 206 g/mol. The fourth-order valence-corrected chi connectivity index (χ4v) is 2.22. The molecule has 2 aliphatic rings. The predicted molar refractivity (Wildman–Crippen MR) is 53.6 cm³/mol. The van der Waals surface area contributed by atoms with Gasteiger partial charge in [-0.1, -0.05) is 0 Å². The van der Waals surface area contributed by atoms with Crippen molar-refractivity contribution in [2.24, 2.45) is 5.92 Å². The third kappa shape index (κ3) is 1.44. The Bertz CT molecular complexity index is 395. The largest absolute Gasteiger partial charge is 0.481 e. The van der Waals surface area contributed by atoms with E-state index >= 15 is 0 Å². The second kappa shape index (κ2) is 3.08. The summed E-state index contributed by atoms with van der Waals surface area (Å²) in [7, 11) is 0.